The second kappa shape index (κ2) is 9.57. The minimum atomic E-state index is 0.291. The van der Waals surface area contributed by atoms with Gasteiger partial charge in [0, 0.05) is 55.7 Å². The molecule has 3 aromatic rings. The van der Waals surface area contributed by atoms with E-state index < -0.39 is 0 Å². The van der Waals surface area contributed by atoms with Crippen LogP contribution in [0.15, 0.2) is 76.5 Å². The van der Waals surface area contributed by atoms with E-state index in [2.05, 4.69) is 76.5 Å². The second-order valence-corrected chi connectivity index (χ2v) is 8.47. The number of fused-ring (bicyclic) bond motifs is 1. The van der Waals surface area contributed by atoms with Crippen LogP contribution in [-0.2, 0) is 6.54 Å². The number of aliphatic hydroxyl groups is 1. The number of hydrogen-bond acceptors (Lipinski definition) is 4. The molecular formula is C24H28N2OS. The first kappa shape index (κ1) is 19.5. The molecule has 0 bridgehead atoms. The average Bonchev–Trinajstić information content (AvgIpc) is 2.75. The highest BCUT2D eigenvalue weighted by Gasteiger charge is 2.17. The van der Waals surface area contributed by atoms with E-state index in [1.165, 1.54) is 26.1 Å². The first-order chi connectivity index (χ1) is 13.8. The summed E-state index contributed by atoms with van der Waals surface area (Å²) in [5.41, 5.74) is 1.41. The number of rotatable bonds is 7. The molecule has 1 aliphatic rings. The van der Waals surface area contributed by atoms with Crippen LogP contribution >= 0.6 is 11.8 Å². The van der Waals surface area contributed by atoms with E-state index in [1.54, 1.807) is 0 Å². The summed E-state index contributed by atoms with van der Waals surface area (Å²) in [4.78, 5) is 7.68. The number of aliphatic hydroxyl groups excluding tert-OH is 1. The Kier molecular flexibility index (Phi) is 6.65. The third-order valence-corrected chi connectivity index (χ3v) is 6.63. The van der Waals surface area contributed by atoms with Crippen LogP contribution in [0, 0.1) is 0 Å². The summed E-state index contributed by atoms with van der Waals surface area (Å²) in [5, 5.41) is 11.6. The van der Waals surface area contributed by atoms with E-state index in [4.69, 9.17) is 5.11 Å². The third-order valence-electron chi connectivity index (χ3n) is 5.43. The Morgan fingerprint density at radius 3 is 2.29 bits per heavy atom. The number of benzene rings is 3. The van der Waals surface area contributed by atoms with Crippen LogP contribution in [0.5, 0.6) is 0 Å². The molecule has 0 amide bonds. The molecule has 3 nitrogen and oxygen atoms in total. The van der Waals surface area contributed by atoms with E-state index in [1.807, 2.05) is 11.8 Å². The van der Waals surface area contributed by atoms with E-state index >= 15 is 0 Å². The minimum absolute atomic E-state index is 0.291. The minimum Gasteiger partial charge on any atom is -0.396 e. The summed E-state index contributed by atoms with van der Waals surface area (Å²) >= 11 is 1.88. The number of piperazine rings is 1. The summed E-state index contributed by atoms with van der Waals surface area (Å²) < 4.78 is 0. The normalized spacial score (nSPS) is 15.9. The molecule has 3 aromatic carbocycles. The molecule has 0 atom stereocenters. The molecule has 28 heavy (non-hydrogen) atoms. The van der Waals surface area contributed by atoms with Gasteiger partial charge in [-0.15, -0.1) is 0 Å². The summed E-state index contributed by atoms with van der Waals surface area (Å²) in [6.07, 6.45) is 0.879. The van der Waals surface area contributed by atoms with Gasteiger partial charge < -0.3 is 10.0 Å². The summed E-state index contributed by atoms with van der Waals surface area (Å²) in [7, 11) is 0. The molecular weight excluding hydrogens is 364 g/mol. The van der Waals surface area contributed by atoms with Crippen LogP contribution < -0.4 is 0 Å². The van der Waals surface area contributed by atoms with Crippen LogP contribution in [0.2, 0.25) is 0 Å². The summed E-state index contributed by atoms with van der Waals surface area (Å²) in [5.74, 6) is 0. The van der Waals surface area contributed by atoms with Crippen molar-refractivity contribution >= 4 is 22.5 Å². The molecule has 0 aromatic heterocycles. The molecule has 1 aliphatic heterocycles. The lowest BCUT2D eigenvalue weighted by Gasteiger charge is -2.34. The Hall–Kier alpha value is -1.85. The molecule has 0 saturated carbocycles. The Bertz CT molecular complexity index is 901. The molecule has 4 heteroatoms. The summed E-state index contributed by atoms with van der Waals surface area (Å²) in [6.45, 7) is 6.69. The standard InChI is InChI=1S/C24H28N2OS/c27-18-6-13-25-14-16-26(17-15-25)19-21-8-2-4-11-23(21)28-24-12-5-9-20-7-1-3-10-22(20)24/h1-5,7-12,27H,6,13-19H2. The lowest BCUT2D eigenvalue weighted by atomic mass is 10.1. The van der Waals surface area contributed by atoms with Crippen molar-refractivity contribution in [3.8, 4) is 0 Å². The van der Waals surface area contributed by atoms with Gasteiger partial charge in [0.2, 0.25) is 0 Å². The fraction of sp³-hybridized carbons (Fsp3) is 0.333. The van der Waals surface area contributed by atoms with Gasteiger partial charge in [0.15, 0.2) is 0 Å². The fourth-order valence-corrected chi connectivity index (χ4v) is 4.93. The van der Waals surface area contributed by atoms with E-state index in [0.717, 1.165) is 45.7 Å². The molecule has 1 fully saturated rings. The predicted octanol–water partition coefficient (Wildman–Crippen LogP) is 4.49. The molecule has 4 rings (SSSR count). The Labute approximate surface area is 172 Å². The zero-order valence-electron chi connectivity index (χ0n) is 16.3. The first-order valence-corrected chi connectivity index (χ1v) is 10.9. The van der Waals surface area contributed by atoms with Crippen molar-refractivity contribution in [1.29, 1.82) is 0 Å². The largest absolute Gasteiger partial charge is 0.396 e. The fourth-order valence-electron chi connectivity index (χ4n) is 3.84. The van der Waals surface area contributed by atoms with Crippen molar-refractivity contribution in [3.63, 3.8) is 0 Å². The Morgan fingerprint density at radius 2 is 1.43 bits per heavy atom. The molecule has 0 spiro atoms. The highest BCUT2D eigenvalue weighted by Crippen LogP contribution is 2.35. The van der Waals surface area contributed by atoms with Gasteiger partial charge in [0.25, 0.3) is 0 Å². The van der Waals surface area contributed by atoms with Gasteiger partial charge in [-0.2, -0.15) is 0 Å². The van der Waals surface area contributed by atoms with Crippen LogP contribution in [0.3, 0.4) is 0 Å². The van der Waals surface area contributed by atoms with Gasteiger partial charge >= 0.3 is 0 Å². The van der Waals surface area contributed by atoms with Crippen LogP contribution in [-0.4, -0.2) is 54.2 Å². The zero-order chi connectivity index (χ0) is 19.2. The molecule has 0 unspecified atom stereocenters. The monoisotopic (exact) mass is 392 g/mol. The lowest BCUT2D eigenvalue weighted by Crippen LogP contribution is -2.46. The van der Waals surface area contributed by atoms with Crippen molar-refractivity contribution in [2.45, 2.75) is 22.8 Å². The van der Waals surface area contributed by atoms with Crippen molar-refractivity contribution < 1.29 is 5.11 Å². The summed E-state index contributed by atoms with van der Waals surface area (Å²) in [6, 6.07) is 24.0. The van der Waals surface area contributed by atoms with Crippen LogP contribution in [0.4, 0.5) is 0 Å². The average molecular weight is 393 g/mol. The van der Waals surface area contributed by atoms with Gasteiger partial charge in [-0.05, 0) is 34.9 Å². The van der Waals surface area contributed by atoms with Gasteiger partial charge in [-0.3, -0.25) is 4.90 Å². The van der Waals surface area contributed by atoms with Gasteiger partial charge in [0.05, 0.1) is 0 Å². The molecule has 146 valence electrons. The van der Waals surface area contributed by atoms with E-state index in [0.29, 0.717) is 6.61 Å². The third kappa shape index (κ3) is 4.76. The second-order valence-electron chi connectivity index (χ2n) is 7.38. The topological polar surface area (TPSA) is 26.7 Å². The highest BCUT2D eigenvalue weighted by molar-refractivity contribution is 7.99. The zero-order valence-corrected chi connectivity index (χ0v) is 17.1. The van der Waals surface area contributed by atoms with Crippen molar-refractivity contribution in [2.24, 2.45) is 0 Å². The molecule has 0 radical (unpaired) electrons. The Balaban J connectivity index is 1.46. The van der Waals surface area contributed by atoms with Crippen LogP contribution in [0.1, 0.15) is 12.0 Å². The van der Waals surface area contributed by atoms with E-state index in [9.17, 15) is 0 Å². The van der Waals surface area contributed by atoms with Crippen molar-refractivity contribution in [3.05, 3.63) is 72.3 Å². The number of nitrogens with zero attached hydrogens (tertiary/aromatic N) is 2. The maximum absolute atomic E-state index is 9.02. The van der Waals surface area contributed by atoms with Gasteiger partial charge in [-0.25, -0.2) is 0 Å². The predicted molar refractivity (Wildman–Crippen MR) is 118 cm³/mol. The molecule has 0 aliphatic carbocycles. The molecule has 1 N–H and O–H groups in total. The maximum Gasteiger partial charge on any atom is 0.0443 e. The first-order valence-electron chi connectivity index (χ1n) is 10.1. The van der Waals surface area contributed by atoms with Gasteiger partial charge in [0.1, 0.15) is 0 Å². The Morgan fingerprint density at radius 1 is 0.750 bits per heavy atom. The highest BCUT2D eigenvalue weighted by atomic mass is 32.2. The molecule has 1 heterocycles. The van der Waals surface area contributed by atoms with Crippen molar-refractivity contribution in [1.82, 2.24) is 9.80 Å². The van der Waals surface area contributed by atoms with Gasteiger partial charge in [-0.1, -0.05) is 66.4 Å². The van der Waals surface area contributed by atoms with E-state index in [-0.39, 0.29) is 0 Å². The maximum atomic E-state index is 9.02. The molecule has 1 saturated heterocycles. The smallest absolute Gasteiger partial charge is 0.0443 e. The SMILES string of the molecule is OCCCN1CCN(Cc2ccccc2Sc2cccc3ccccc23)CC1. The van der Waals surface area contributed by atoms with Crippen molar-refractivity contribution in [2.75, 3.05) is 39.3 Å². The lowest BCUT2D eigenvalue weighted by molar-refractivity contribution is 0.119. The quantitative estimate of drug-likeness (QED) is 0.641. The number of hydrogen-bond donors (Lipinski definition) is 1. The van der Waals surface area contributed by atoms with Crippen LogP contribution in [0.25, 0.3) is 10.8 Å².